The van der Waals surface area contributed by atoms with Gasteiger partial charge in [0.25, 0.3) is 5.91 Å². The molecule has 41 heavy (non-hydrogen) atoms. The first-order valence-electron chi connectivity index (χ1n) is 12.6. The zero-order chi connectivity index (χ0) is 29.1. The first kappa shape index (κ1) is 27.3. The van der Waals surface area contributed by atoms with Crippen LogP contribution < -0.4 is 26.0 Å². The second kappa shape index (κ2) is 11.0. The lowest BCUT2D eigenvalue weighted by Crippen LogP contribution is -2.41. The number of halogens is 2. The Balaban J connectivity index is 1.39. The molecule has 11 heteroatoms. The fraction of sp³-hybridized carbons (Fsp3) is 0.133. The van der Waals surface area contributed by atoms with Crippen LogP contribution in [-0.4, -0.2) is 29.8 Å². The summed E-state index contributed by atoms with van der Waals surface area (Å²) in [5.41, 5.74) is 5.57. The van der Waals surface area contributed by atoms with Crippen molar-refractivity contribution in [1.82, 2.24) is 10.3 Å². The number of carbonyl (C=O) groups excluding carboxylic acids is 3. The Morgan fingerprint density at radius 3 is 2.34 bits per heavy atom. The summed E-state index contributed by atoms with van der Waals surface area (Å²) < 4.78 is 34.7. The molecule has 3 amide bonds. The van der Waals surface area contributed by atoms with E-state index in [0.717, 1.165) is 23.1 Å². The number of primary amides is 1. The van der Waals surface area contributed by atoms with Crippen LogP contribution in [0.5, 0.6) is 11.5 Å². The van der Waals surface area contributed by atoms with Gasteiger partial charge in [-0.25, -0.2) is 13.8 Å². The topological polar surface area (TPSA) is 127 Å². The molecule has 4 N–H and O–H groups in total. The van der Waals surface area contributed by atoms with E-state index in [-0.39, 0.29) is 41.6 Å². The number of nitrogens with zero attached hydrogens (tertiary/aromatic N) is 2. The molecule has 0 atom stereocenters. The number of hydrogen-bond acceptors (Lipinski definition) is 6. The van der Waals surface area contributed by atoms with Crippen molar-refractivity contribution >= 4 is 40.6 Å². The van der Waals surface area contributed by atoms with Crippen molar-refractivity contribution in [2.45, 2.75) is 12.8 Å². The van der Waals surface area contributed by atoms with Crippen molar-refractivity contribution in [3.05, 3.63) is 102 Å². The molecule has 1 aliphatic rings. The first-order valence-corrected chi connectivity index (χ1v) is 12.6. The van der Waals surface area contributed by atoms with Gasteiger partial charge in [0.05, 0.1) is 5.69 Å². The van der Waals surface area contributed by atoms with Crippen molar-refractivity contribution in [1.29, 1.82) is 0 Å². The van der Waals surface area contributed by atoms with Gasteiger partial charge in [-0.05, 0) is 73.5 Å². The fourth-order valence-corrected chi connectivity index (χ4v) is 4.29. The van der Waals surface area contributed by atoms with Crippen LogP contribution in [0.25, 0.3) is 0 Å². The highest BCUT2D eigenvalue weighted by Crippen LogP contribution is 2.49. The summed E-state index contributed by atoms with van der Waals surface area (Å²) in [4.78, 5) is 42.8. The minimum atomic E-state index is -1.39. The average Bonchev–Trinajstić information content (AvgIpc) is 3.78. The molecule has 0 unspecified atom stereocenters. The average molecular weight is 558 g/mol. The van der Waals surface area contributed by atoms with Gasteiger partial charge in [-0.2, -0.15) is 0 Å². The van der Waals surface area contributed by atoms with Gasteiger partial charge >= 0.3 is 0 Å². The van der Waals surface area contributed by atoms with E-state index in [1.807, 2.05) is 0 Å². The van der Waals surface area contributed by atoms with E-state index < -0.39 is 28.9 Å². The van der Waals surface area contributed by atoms with Crippen LogP contribution in [0, 0.1) is 17.0 Å². The number of aromatic nitrogens is 1. The number of amides is 3. The number of nitrogens with one attached hydrogen (secondary N) is 2. The molecule has 1 fully saturated rings. The summed E-state index contributed by atoms with van der Waals surface area (Å²) in [5.74, 6) is -2.38. The zero-order valence-electron chi connectivity index (χ0n) is 21.9. The zero-order valence-corrected chi connectivity index (χ0v) is 21.9. The Morgan fingerprint density at radius 2 is 1.68 bits per heavy atom. The number of hydrogen-bond donors (Lipinski definition) is 3. The number of benzene rings is 3. The van der Waals surface area contributed by atoms with E-state index >= 15 is 4.39 Å². The van der Waals surface area contributed by atoms with Crippen LogP contribution >= 0.6 is 0 Å². The highest BCUT2D eigenvalue weighted by atomic mass is 19.1. The third kappa shape index (κ3) is 5.69. The van der Waals surface area contributed by atoms with E-state index in [9.17, 15) is 18.8 Å². The number of rotatable bonds is 9. The smallest absolute Gasteiger partial charge is 0.251 e. The number of anilines is 4. The molecule has 0 aliphatic heterocycles. The van der Waals surface area contributed by atoms with Crippen LogP contribution in [0.3, 0.4) is 0 Å². The molecule has 0 saturated heterocycles. The minimum Gasteiger partial charge on any atom is -0.454 e. The monoisotopic (exact) mass is 557 g/mol. The SMILES string of the molecule is CNC(=O)c1cccc(Nc2cc(Oc3ccc(N(C(=O)C4(C(N)=O)CC4)c4ccc(F)cc4)cc3F)ccn2)c1. The van der Waals surface area contributed by atoms with Crippen molar-refractivity contribution in [3.63, 3.8) is 0 Å². The van der Waals surface area contributed by atoms with E-state index in [1.165, 1.54) is 36.5 Å². The van der Waals surface area contributed by atoms with Crippen LogP contribution in [0.2, 0.25) is 0 Å². The van der Waals surface area contributed by atoms with E-state index in [2.05, 4.69) is 15.6 Å². The summed E-state index contributed by atoms with van der Waals surface area (Å²) in [5, 5.41) is 5.64. The number of carbonyl (C=O) groups is 3. The minimum absolute atomic E-state index is 0.118. The predicted molar refractivity (Wildman–Crippen MR) is 148 cm³/mol. The van der Waals surface area contributed by atoms with Gasteiger partial charge in [0.2, 0.25) is 11.8 Å². The molecule has 4 aromatic rings. The number of ether oxygens (including phenoxy) is 1. The quantitative estimate of drug-likeness (QED) is 0.243. The molecule has 0 spiro atoms. The van der Waals surface area contributed by atoms with E-state index in [0.29, 0.717) is 17.1 Å². The molecule has 9 nitrogen and oxygen atoms in total. The van der Waals surface area contributed by atoms with Crippen LogP contribution in [0.4, 0.5) is 31.7 Å². The molecule has 3 aromatic carbocycles. The third-order valence-electron chi connectivity index (χ3n) is 6.68. The van der Waals surface area contributed by atoms with Gasteiger partial charge in [0.1, 0.15) is 22.8 Å². The van der Waals surface area contributed by atoms with Gasteiger partial charge in [-0.3, -0.25) is 19.3 Å². The lowest BCUT2D eigenvalue weighted by molar-refractivity contribution is -0.133. The maximum atomic E-state index is 15.3. The Bertz CT molecular complexity index is 1640. The first-order chi connectivity index (χ1) is 19.7. The molecule has 1 heterocycles. The van der Waals surface area contributed by atoms with Crippen LogP contribution in [0.1, 0.15) is 23.2 Å². The Hall–Kier alpha value is -5.32. The Labute approximate surface area is 233 Å². The number of pyridine rings is 1. The standard InChI is InChI=1S/C30H25F2N5O4/c1-34-27(38)18-3-2-4-20(15-18)36-26-17-23(11-14-35-26)41-25-10-9-22(16-24(25)32)37(21-7-5-19(31)6-8-21)29(40)30(12-13-30)28(33)39/h2-11,14-17H,12-13H2,1H3,(H2,33,39)(H,34,38)(H,35,36). The molecule has 0 radical (unpaired) electrons. The molecule has 5 rings (SSSR count). The van der Waals surface area contributed by atoms with E-state index in [4.69, 9.17) is 10.5 Å². The van der Waals surface area contributed by atoms with Crippen molar-refractivity contribution in [3.8, 4) is 11.5 Å². The highest BCUT2D eigenvalue weighted by Gasteiger charge is 2.57. The third-order valence-corrected chi connectivity index (χ3v) is 6.68. The summed E-state index contributed by atoms with van der Waals surface area (Å²) in [6.45, 7) is 0. The molecule has 1 aliphatic carbocycles. The van der Waals surface area contributed by atoms with Gasteiger partial charge in [-0.15, -0.1) is 0 Å². The van der Waals surface area contributed by atoms with Gasteiger partial charge < -0.3 is 21.1 Å². The normalized spacial score (nSPS) is 13.1. The maximum Gasteiger partial charge on any atom is 0.251 e. The van der Waals surface area contributed by atoms with Crippen molar-refractivity contribution in [2.24, 2.45) is 11.1 Å². The Morgan fingerprint density at radius 1 is 0.951 bits per heavy atom. The molecule has 208 valence electrons. The van der Waals surface area contributed by atoms with Gasteiger partial charge in [0, 0.05) is 42.3 Å². The Kier molecular flexibility index (Phi) is 7.34. The largest absolute Gasteiger partial charge is 0.454 e. The van der Waals surface area contributed by atoms with Gasteiger partial charge in [-0.1, -0.05) is 6.07 Å². The molecular formula is C30H25F2N5O4. The molecule has 1 aromatic heterocycles. The molecule has 0 bridgehead atoms. The highest BCUT2D eigenvalue weighted by molar-refractivity contribution is 6.16. The lowest BCUT2D eigenvalue weighted by atomic mass is 10.0. The summed E-state index contributed by atoms with van der Waals surface area (Å²) in [6, 6.07) is 18.9. The second-order valence-electron chi connectivity index (χ2n) is 9.44. The van der Waals surface area contributed by atoms with Crippen molar-refractivity contribution < 1.29 is 27.9 Å². The van der Waals surface area contributed by atoms with E-state index in [1.54, 1.807) is 37.4 Å². The summed E-state index contributed by atoms with van der Waals surface area (Å²) in [6.07, 6.45) is 2.02. The van der Waals surface area contributed by atoms with Crippen molar-refractivity contribution in [2.75, 3.05) is 17.3 Å². The summed E-state index contributed by atoms with van der Waals surface area (Å²) in [7, 11) is 1.54. The second-order valence-corrected chi connectivity index (χ2v) is 9.44. The fourth-order valence-electron chi connectivity index (χ4n) is 4.29. The lowest BCUT2D eigenvalue weighted by Gasteiger charge is -2.26. The molecule has 1 saturated carbocycles. The van der Waals surface area contributed by atoms with Crippen LogP contribution in [-0.2, 0) is 9.59 Å². The van der Waals surface area contributed by atoms with Gasteiger partial charge in [0.15, 0.2) is 11.6 Å². The summed E-state index contributed by atoms with van der Waals surface area (Å²) >= 11 is 0. The molecular weight excluding hydrogens is 532 g/mol. The predicted octanol–water partition coefficient (Wildman–Crippen LogP) is 5.19. The maximum absolute atomic E-state index is 15.3. The number of nitrogens with two attached hydrogens (primary N) is 1. The van der Waals surface area contributed by atoms with Crippen LogP contribution in [0.15, 0.2) is 85.1 Å².